The smallest absolute Gasteiger partial charge is 0.161 e. The van der Waals surface area contributed by atoms with E-state index in [0.717, 1.165) is 12.8 Å². The molecule has 0 saturated heterocycles. The lowest BCUT2D eigenvalue weighted by Gasteiger charge is -2.15. The summed E-state index contributed by atoms with van der Waals surface area (Å²) >= 11 is 0. The second-order valence-corrected chi connectivity index (χ2v) is 4.20. The van der Waals surface area contributed by atoms with Crippen molar-refractivity contribution in [2.75, 3.05) is 0 Å². The lowest BCUT2D eigenvalue weighted by Crippen LogP contribution is -2.19. The van der Waals surface area contributed by atoms with Gasteiger partial charge in [-0.3, -0.25) is 4.79 Å². The molecule has 2 heteroatoms. The summed E-state index contributed by atoms with van der Waals surface area (Å²) in [6.07, 6.45) is 1.96. The van der Waals surface area contributed by atoms with Gasteiger partial charge >= 0.3 is 0 Å². The maximum Gasteiger partial charge on any atom is 0.161 e. The number of ketones is 1. The maximum absolute atomic E-state index is 11.2. The van der Waals surface area contributed by atoms with Crippen molar-refractivity contribution in [2.24, 2.45) is 11.8 Å². The molecule has 2 nitrogen and oxygen atoms in total. The van der Waals surface area contributed by atoms with E-state index in [1.165, 1.54) is 6.92 Å². The van der Waals surface area contributed by atoms with Crippen molar-refractivity contribution in [3.8, 4) is 0 Å². The summed E-state index contributed by atoms with van der Waals surface area (Å²) in [6, 6.07) is 0. The molecule has 0 aliphatic heterocycles. The largest absolute Gasteiger partial charge is 0.386 e. The van der Waals surface area contributed by atoms with Gasteiger partial charge in [0.05, 0.1) is 0 Å². The van der Waals surface area contributed by atoms with Crippen LogP contribution in [0.4, 0.5) is 0 Å². The van der Waals surface area contributed by atoms with Crippen LogP contribution >= 0.6 is 0 Å². The van der Waals surface area contributed by atoms with E-state index in [-0.39, 0.29) is 5.78 Å². The molecule has 3 atom stereocenters. The van der Waals surface area contributed by atoms with Gasteiger partial charge in [0.15, 0.2) is 5.78 Å². The Labute approximate surface area is 81.3 Å². The minimum Gasteiger partial charge on any atom is -0.386 e. The van der Waals surface area contributed by atoms with Crippen LogP contribution in [0.5, 0.6) is 0 Å². The van der Waals surface area contributed by atoms with Crippen molar-refractivity contribution < 1.29 is 9.90 Å². The topological polar surface area (TPSA) is 37.3 Å². The summed E-state index contributed by atoms with van der Waals surface area (Å²) in [5.41, 5.74) is 0. The lowest BCUT2D eigenvalue weighted by atomic mass is 9.91. The van der Waals surface area contributed by atoms with Gasteiger partial charge in [0.1, 0.15) is 6.10 Å². The van der Waals surface area contributed by atoms with Gasteiger partial charge in [0.2, 0.25) is 0 Å². The van der Waals surface area contributed by atoms with Crippen LogP contribution in [-0.4, -0.2) is 17.0 Å². The average molecular weight is 186 g/mol. The standard InChI is InChI=1S/C11H22O2/c1-5-8(2)6-9(3)7-11(13)10(4)12/h8-10,12H,5-7H2,1-4H3. The minimum absolute atomic E-state index is 0.0317. The lowest BCUT2D eigenvalue weighted by molar-refractivity contribution is -0.127. The number of aliphatic hydroxyl groups is 1. The Morgan fingerprint density at radius 1 is 1.23 bits per heavy atom. The van der Waals surface area contributed by atoms with E-state index in [4.69, 9.17) is 5.11 Å². The molecular formula is C11H22O2. The molecule has 0 spiro atoms. The molecule has 1 N–H and O–H groups in total. The highest BCUT2D eigenvalue weighted by atomic mass is 16.3. The van der Waals surface area contributed by atoms with Crippen molar-refractivity contribution in [1.82, 2.24) is 0 Å². The Morgan fingerprint density at radius 2 is 1.77 bits per heavy atom. The molecule has 0 aromatic heterocycles. The van der Waals surface area contributed by atoms with Crippen molar-refractivity contribution >= 4 is 5.78 Å². The molecule has 0 aliphatic rings. The Bertz CT molecular complexity index is 152. The average Bonchev–Trinajstić information content (AvgIpc) is 2.03. The normalized spacial score (nSPS) is 17.9. The predicted molar refractivity (Wildman–Crippen MR) is 54.5 cm³/mol. The number of rotatable bonds is 6. The van der Waals surface area contributed by atoms with Crippen LogP contribution in [0, 0.1) is 11.8 Å². The third-order valence-corrected chi connectivity index (χ3v) is 2.52. The maximum atomic E-state index is 11.2. The molecule has 0 fully saturated rings. The molecule has 0 radical (unpaired) electrons. The zero-order chi connectivity index (χ0) is 10.4. The minimum atomic E-state index is -0.792. The molecule has 3 unspecified atom stereocenters. The van der Waals surface area contributed by atoms with E-state index in [2.05, 4.69) is 20.8 Å². The van der Waals surface area contributed by atoms with Crippen molar-refractivity contribution in [3.05, 3.63) is 0 Å². The van der Waals surface area contributed by atoms with Gasteiger partial charge in [-0.25, -0.2) is 0 Å². The molecule has 78 valence electrons. The molecule has 0 aromatic carbocycles. The predicted octanol–water partition coefficient (Wildman–Crippen LogP) is 2.40. The van der Waals surface area contributed by atoms with Crippen LogP contribution in [0.15, 0.2) is 0 Å². The first-order chi connectivity index (χ1) is 5.97. The van der Waals surface area contributed by atoms with Gasteiger partial charge in [0.25, 0.3) is 0 Å². The molecular weight excluding hydrogens is 164 g/mol. The van der Waals surface area contributed by atoms with E-state index in [1.807, 2.05) is 0 Å². The molecule has 0 rings (SSSR count). The molecule has 0 amide bonds. The SMILES string of the molecule is CCC(C)CC(C)CC(=O)C(C)O. The van der Waals surface area contributed by atoms with Crippen molar-refractivity contribution in [1.29, 1.82) is 0 Å². The van der Waals surface area contributed by atoms with E-state index < -0.39 is 6.10 Å². The van der Waals surface area contributed by atoms with Gasteiger partial charge in [0, 0.05) is 6.42 Å². The first-order valence-corrected chi connectivity index (χ1v) is 5.18. The fourth-order valence-corrected chi connectivity index (χ4v) is 1.45. The van der Waals surface area contributed by atoms with E-state index in [0.29, 0.717) is 18.3 Å². The van der Waals surface area contributed by atoms with E-state index in [1.54, 1.807) is 0 Å². The Hall–Kier alpha value is -0.370. The molecule has 0 saturated carbocycles. The highest BCUT2D eigenvalue weighted by Gasteiger charge is 2.15. The first-order valence-electron chi connectivity index (χ1n) is 5.18. The zero-order valence-electron chi connectivity index (χ0n) is 9.21. The first kappa shape index (κ1) is 12.6. The molecule has 0 bridgehead atoms. The Morgan fingerprint density at radius 3 is 2.15 bits per heavy atom. The van der Waals surface area contributed by atoms with Gasteiger partial charge in [-0.1, -0.05) is 27.2 Å². The summed E-state index contributed by atoms with van der Waals surface area (Å²) in [6.45, 7) is 7.97. The van der Waals surface area contributed by atoms with Crippen LogP contribution in [0.1, 0.15) is 47.0 Å². The second kappa shape index (κ2) is 6.14. The van der Waals surface area contributed by atoms with Crippen LogP contribution in [0.3, 0.4) is 0 Å². The van der Waals surface area contributed by atoms with Crippen LogP contribution < -0.4 is 0 Å². The van der Waals surface area contributed by atoms with Crippen LogP contribution in [0.25, 0.3) is 0 Å². The molecule has 13 heavy (non-hydrogen) atoms. The monoisotopic (exact) mass is 186 g/mol. The number of hydrogen-bond acceptors (Lipinski definition) is 2. The summed E-state index contributed by atoms with van der Waals surface area (Å²) in [5.74, 6) is 1.05. The number of carbonyl (C=O) groups excluding carboxylic acids is 1. The highest BCUT2D eigenvalue weighted by Crippen LogP contribution is 2.18. The molecule has 0 heterocycles. The zero-order valence-corrected chi connectivity index (χ0v) is 9.21. The van der Waals surface area contributed by atoms with Gasteiger partial charge in [-0.15, -0.1) is 0 Å². The molecule has 0 aliphatic carbocycles. The Kier molecular flexibility index (Phi) is 5.97. The van der Waals surface area contributed by atoms with Crippen molar-refractivity contribution in [2.45, 2.75) is 53.1 Å². The van der Waals surface area contributed by atoms with Gasteiger partial charge in [-0.2, -0.15) is 0 Å². The van der Waals surface area contributed by atoms with E-state index in [9.17, 15) is 4.79 Å². The second-order valence-electron chi connectivity index (χ2n) is 4.20. The summed E-state index contributed by atoms with van der Waals surface area (Å²) < 4.78 is 0. The van der Waals surface area contributed by atoms with Crippen LogP contribution in [-0.2, 0) is 4.79 Å². The third-order valence-electron chi connectivity index (χ3n) is 2.52. The fourth-order valence-electron chi connectivity index (χ4n) is 1.45. The van der Waals surface area contributed by atoms with Gasteiger partial charge in [-0.05, 0) is 25.2 Å². The van der Waals surface area contributed by atoms with Crippen molar-refractivity contribution in [3.63, 3.8) is 0 Å². The highest BCUT2D eigenvalue weighted by molar-refractivity contribution is 5.82. The third kappa shape index (κ3) is 5.81. The summed E-state index contributed by atoms with van der Waals surface area (Å²) in [4.78, 5) is 11.2. The number of aliphatic hydroxyl groups excluding tert-OH is 1. The number of Topliss-reactive ketones (excluding diaryl/α,β-unsaturated/α-hetero) is 1. The Balaban J connectivity index is 3.74. The fraction of sp³-hybridized carbons (Fsp3) is 0.909. The van der Waals surface area contributed by atoms with E-state index >= 15 is 0 Å². The number of hydrogen-bond donors (Lipinski definition) is 1. The van der Waals surface area contributed by atoms with Crippen LogP contribution in [0.2, 0.25) is 0 Å². The number of carbonyl (C=O) groups is 1. The quantitative estimate of drug-likeness (QED) is 0.691. The molecule has 0 aromatic rings. The summed E-state index contributed by atoms with van der Waals surface area (Å²) in [7, 11) is 0. The van der Waals surface area contributed by atoms with Gasteiger partial charge < -0.3 is 5.11 Å². The summed E-state index contributed by atoms with van der Waals surface area (Å²) in [5, 5.41) is 9.01.